The van der Waals surface area contributed by atoms with Crippen molar-refractivity contribution < 1.29 is 5.11 Å². The zero-order valence-corrected chi connectivity index (χ0v) is 12.3. The fraction of sp³-hybridized carbons (Fsp3) is 0.600. The second-order valence-corrected chi connectivity index (χ2v) is 5.68. The molecular formula is C15H23ClN2O. The Morgan fingerprint density at radius 1 is 1.47 bits per heavy atom. The summed E-state index contributed by atoms with van der Waals surface area (Å²) in [6.07, 6.45) is 3.32. The largest absolute Gasteiger partial charge is 0.396 e. The third-order valence-electron chi connectivity index (χ3n) is 3.83. The third-order valence-corrected chi connectivity index (χ3v) is 4.18. The monoisotopic (exact) mass is 282 g/mol. The minimum Gasteiger partial charge on any atom is -0.396 e. The van der Waals surface area contributed by atoms with Crippen molar-refractivity contribution in [1.82, 2.24) is 5.32 Å². The lowest BCUT2D eigenvalue weighted by Crippen LogP contribution is -2.35. The fourth-order valence-corrected chi connectivity index (χ4v) is 3.03. The molecule has 1 fully saturated rings. The van der Waals surface area contributed by atoms with E-state index in [9.17, 15) is 0 Å². The normalized spacial score (nSPS) is 19.7. The number of rotatable bonds is 5. The van der Waals surface area contributed by atoms with E-state index in [0.29, 0.717) is 12.5 Å². The first kappa shape index (κ1) is 14.6. The van der Waals surface area contributed by atoms with Crippen LogP contribution in [0.5, 0.6) is 0 Å². The third kappa shape index (κ3) is 3.85. The maximum atomic E-state index is 9.07. The van der Waals surface area contributed by atoms with Crippen molar-refractivity contribution in [2.45, 2.75) is 25.8 Å². The van der Waals surface area contributed by atoms with E-state index < -0.39 is 0 Å². The number of halogens is 1. The molecule has 0 saturated carbocycles. The number of hydrogen-bond acceptors (Lipinski definition) is 3. The van der Waals surface area contributed by atoms with Crippen LogP contribution in [0.25, 0.3) is 0 Å². The van der Waals surface area contributed by atoms with E-state index in [1.165, 1.54) is 18.5 Å². The average molecular weight is 283 g/mol. The quantitative estimate of drug-likeness (QED) is 0.872. The second kappa shape index (κ2) is 7.13. The van der Waals surface area contributed by atoms with Crippen LogP contribution in [0.3, 0.4) is 0 Å². The van der Waals surface area contributed by atoms with Crippen LogP contribution in [0.15, 0.2) is 18.2 Å². The summed E-state index contributed by atoms with van der Waals surface area (Å²) >= 11 is 6.32. The van der Waals surface area contributed by atoms with E-state index >= 15 is 0 Å². The molecule has 3 nitrogen and oxygen atoms in total. The van der Waals surface area contributed by atoms with Crippen LogP contribution in [-0.4, -0.2) is 31.9 Å². The van der Waals surface area contributed by atoms with Crippen LogP contribution in [0.2, 0.25) is 5.02 Å². The molecule has 4 heteroatoms. The number of aliphatic hydroxyl groups is 1. The van der Waals surface area contributed by atoms with E-state index in [0.717, 1.165) is 36.6 Å². The zero-order valence-electron chi connectivity index (χ0n) is 11.5. The van der Waals surface area contributed by atoms with E-state index in [1.54, 1.807) is 0 Å². The van der Waals surface area contributed by atoms with Crippen LogP contribution in [-0.2, 0) is 6.54 Å². The van der Waals surface area contributed by atoms with Gasteiger partial charge in [-0.1, -0.05) is 17.7 Å². The molecule has 0 aliphatic carbocycles. The molecule has 0 bridgehead atoms. The van der Waals surface area contributed by atoms with E-state index in [4.69, 9.17) is 16.7 Å². The molecule has 19 heavy (non-hydrogen) atoms. The van der Waals surface area contributed by atoms with Crippen molar-refractivity contribution in [3.63, 3.8) is 0 Å². The Morgan fingerprint density at radius 2 is 2.32 bits per heavy atom. The SMILES string of the molecule is CNCc1ccc(N2CCCC(CCO)C2)cc1Cl. The highest BCUT2D eigenvalue weighted by Crippen LogP contribution is 2.28. The standard InChI is InChI=1S/C15H23ClN2O/c1-17-10-13-4-5-14(9-15(13)16)18-7-2-3-12(11-18)6-8-19/h4-5,9,12,17,19H,2-3,6-8,10-11H2,1H3. The van der Waals surface area contributed by atoms with Gasteiger partial charge >= 0.3 is 0 Å². The summed E-state index contributed by atoms with van der Waals surface area (Å²) in [4.78, 5) is 2.39. The highest BCUT2D eigenvalue weighted by atomic mass is 35.5. The Labute approximate surface area is 120 Å². The predicted molar refractivity (Wildman–Crippen MR) is 80.9 cm³/mol. The van der Waals surface area contributed by atoms with E-state index in [1.807, 2.05) is 7.05 Å². The summed E-state index contributed by atoms with van der Waals surface area (Å²) < 4.78 is 0. The van der Waals surface area contributed by atoms with Gasteiger partial charge in [-0.05, 0) is 49.9 Å². The lowest BCUT2D eigenvalue weighted by Gasteiger charge is -2.34. The van der Waals surface area contributed by atoms with Gasteiger partial charge in [-0.15, -0.1) is 0 Å². The van der Waals surface area contributed by atoms with Crippen molar-refractivity contribution in [3.8, 4) is 0 Å². The Hall–Kier alpha value is -0.770. The van der Waals surface area contributed by atoms with E-state index in [2.05, 4.69) is 28.4 Å². The number of aliphatic hydroxyl groups excluding tert-OH is 1. The number of anilines is 1. The first-order valence-electron chi connectivity index (χ1n) is 7.03. The van der Waals surface area contributed by atoms with Gasteiger partial charge in [-0.2, -0.15) is 0 Å². The van der Waals surface area contributed by atoms with Crippen LogP contribution in [0, 0.1) is 5.92 Å². The van der Waals surface area contributed by atoms with Crippen molar-refractivity contribution in [2.75, 3.05) is 31.6 Å². The number of piperidine rings is 1. The van der Waals surface area contributed by atoms with Gasteiger partial charge in [-0.25, -0.2) is 0 Å². The van der Waals surface area contributed by atoms with Crippen molar-refractivity contribution in [3.05, 3.63) is 28.8 Å². The highest BCUT2D eigenvalue weighted by molar-refractivity contribution is 6.31. The van der Waals surface area contributed by atoms with Crippen molar-refractivity contribution in [2.24, 2.45) is 5.92 Å². The number of nitrogens with one attached hydrogen (secondary N) is 1. The molecule has 0 radical (unpaired) electrons. The molecule has 1 unspecified atom stereocenters. The summed E-state index contributed by atoms with van der Waals surface area (Å²) in [6.45, 7) is 3.21. The minimum absolute atomic E-state index is 0.292. The summed E-state index contributed by atoms with van der Waals surface area (Å²) in [6, 6.07) is 6.32. The van der Waals surface area contributed by atoms with Crippen LogP contribution in [0.1, 0.15) is 24.8 Å². The molecule has 2 N–H and O–H groups in total. The number of nitrogens with zero attached hydrogens (tertiary/aromatic N) is 1. The summed E-state index contributed by atoms with van der Waals surface area (Å²) in [5.41, 5.74) is 2.34. The lowest BCUT2D eigenvalue weighted by molar-refractivity contribution is 0.244. The van der Waals surface area contributed by atoms with Gasteiger partial charge in [-0.3, -0.25) is 0 Å². The Morgan fingerprint density at radius 3 is 3.00 bits per heavy atom. The lowest BCUT2D eigenvalue weighted by atomic mass is 9.94. The highest BCUT2D eigenvalue weighted by Gasteiger charge is 2.20. The predicted octanol–water partition coefficient (Wildman–Crippen LogP) is 2.66. The molecular weight excluding hydrogens is 260 g/mol. The van der Waals surface area contributed by atoms with Gasteiger partial charge in [0.25, 0.3) is 0 Å². The van der Waals surface area contributed by atoms with Gasteiger partial charge < -0.3 is 15.3 Å². The van der Waals surface area contributed by atoms with Crippen molar-refractivity contribution >= 4 is 17.3 Å². The number of hydrogen-bond donors (Lipinski definition) is 2. The Bertz CT molecular complexity index is 409. The Kier molecular flexibility index (Phi) is 5.49. The Balaban J connectivity index is 2.06. The van der Waals surface area contributed by atoms with Gasteiger partial charge in [0.2, 0.25) is 0 Å². The molecule has 1 atom stereocenters. The zero-order chi connectivity index (χ0) is 13.7. The molecule has 1 aliphatic rings. The van der Waals surface area contributed by atoms with Crippen LogP contribution >= 0.6 is 11.6 Å². The van der Waals surface area contributed by atoms with Gasteiger partial charge in [0.1, 0.15) is 0 Å². The maximum Gasteiger partial charge on any atom is 0.0471 e. The second-order valence-electron chi connectivity index (χ2n) is 5.27. The van der Waals surface area contributed by atoms with E-state index in [-0.39, 0.29) is 0 Å². The molecule has 0 aromatic heterocycles. The summed E-state index contributed by atoms with van der Waals surface area (Å²) in [5, 5.41) is 13.0. The van der Waals surface area contributed by atoms with Gasteiger partial charge in [0.05, 0.1) is 0 Å². The number of benzene rings is 1. The molecule has 2 rings (SSSR count). The van der Waals surface area contributed by atoms with Crippen molar-refractivity contribution in [1.29, 1.82) is 0 Å². The summed E-state index contributed by atoms with van der Waals surface area (Å²) in [7, 11) is 1.92. The first-order valence-corrected chi connectivity index (χ1v) is 7.41. The van der Waals surface area contributed by atoms with Crippen LogP contribution in [0.4, 0.5) is 5.69 Å². The molecule has 1 saturated heterocycles. The molecule has 1 heterocycles. The van der Waals surface area contributed by atoms with Crippen LogP contribution < -0.4 is 10.2 Å². The molecule has 106 valence electrons. The maximum absolute atomic E-state index is 9.07. The summed E-state index contributed by atoms with van der Waals surface area (Å²) in [5.74, 6) is 0.606. The van der Waals surface area contributed by atoms with Gasteiger partial charge in [0.15, 0.2) is 0 Å². The first-order chi connectivity index (χ1) is 9.24. The topological polar surface area (TPSA) is 35.5 Å². The molecule has 0 amide bonds. The molecule has 1 aliphatic heterocycles. The fourth-order valence-electron chi connectivity index (χ4n) is 2.78. The molecule has 0 spiro atoms. The smallest absolute Gasteiger partial charge is 0.0471 e. The van der Waals surface area contributed by atoms with Gasteiger partial charge in [0, 0.05) is 37.0 Å². The molecule has 1 aromatic rings. The molecule has 1 aromatic carbocycles. The minimum atomic E-state index is 0.292. The average Bonchev–Trinajstić information content (AvgIpc) is 2.42.